The van der Waals surface area contributed by atoms with Gasteiger partial charge in [0, 0.05) is 11.5 Å². The summed E-state index contributed by atoms with van der Waals surface area (Å²) in [5, 5.41) is 0. The summed E-state index contributed by atoms with van der Waals surface area (Å²) in [4.78, 5) is 25.0. The Labute approximate surface area is 116 Å². The third-order valence-electron chi connectivity index (χ3n) is 4.70. The van der Waals surface area contributed by atoms with Crippen molar-refractivity contribution in [1.29, 1.82) is 0 Å². The first kappa shape index (κ1) is 11.7. The van der Waals surface area contributed by atoms with Crippen LogP contribution in [0.2, 0.25) is 0 Å². The fourth-order valence-corrected chi connectivity index (χ4v) is 3.85. The normalized spacial score (nSPS) is 34.4. The molecule has 0 saturated carbocycles. The topological polar surface area (TPSA) is 52.6 Å². The number of esters is 2. The Morgan fingerprint density at radius 3 is 2.95 bits per heavy atom. The van der Waals surface area contributed by atoms with E-state index in [-0.39, 0.29) is 17.9 Å². The first-order chi connectivity index (χ1) is 9.74. The van der Waals surface area contributed by atoms with Crippen molar-refractivity contribution in [3.63, 3.8) is 0 Å². The summed E-state index contributed by atoms with van der Waals surface area (Å²) < 4.78 is 10.7. The Hall–Kier alpha value is -2.10. The number of allylic oxidation sites excluding steroid dienone is 2. The Bertz CT molecular complexity index is 633. The number of para-hydroxylation sites is 1. The van der Waals surface area contributed by atoms with Crippen LogP contribution in [0, 0.1) is 11.8 Å². The van der Waals surface area contributed by atoms with E-state index in [0.717, 1.165) is 12.0 Å². The monoisotopic (exact) mass is 270 g/mol. The molecule has 2 aliphatic heterocycles. The maximum absolute atomic E-state index is 12.6. The number of benzene rings is 1. The minimum Gasteiger partial charge on any atom is -0.465 e. The van der Waals surface area contributed by atoms with Crippen molar-refractivity contribution < 1.29 is 19.1 Å². The molecule has 0 aromatic heterocycles. The molecule has 1 aromatic rings. The fourth-order valence-electron chi connectivity index (χ4n) is 3.85. The van der Waals surface area contributed by atoms with Crippen LogP contribution < -0.4 is 4.74 Å². The lowest BCUT2D eigenvalue weighted by Gasteiger charge is -2.49. The van der Waals surface area contributed by atoms with Gasteiger partial charge in [0.2, 0.25) is 0 Å². The maximum Gasteiger partial charge on any atom is 0.318 e. The van der Waals surface area contributed by atoms with Gasteiger partial charge in [-0.3, -0.25) is 9.59 Å². The number of ether oxygens (including phenoxy) is 2. The molecule has 20 heavy (non-hydrogen) atoms. The molecule has 1 spiro atoms. The summed E-state index contributed by atoms with van der Waals surface area (Å²) in [6.45, 7) is 0.416. The van der Waals surface area contributed by atoms with Gasteiger partial charge in [-0.15, -0.1) is 0 Å². The molecule has 4 rings (SSSR count). The molecule has 0 unspecified atom stereocenters. The van der Waals surface area contributed by atoms with E-state index in [4.69, 9.17) is 9.47 Å². The third-order valence-corrected chi connectivity index (χ3v) is 4.70. The number of carbonyl (C=O) groups excluding carboxylic acids is 2. The lowest BCUT2D eigenvalue weighted by molar-refractivity contribution is -0.171. The van der Waals surface area contributed by atoms with E-state index < -0.39 is 11.3 Å². The van der Waals surface area contributed by atoms with Gasteiger partial charge in [0.05, 0.1) is 12.5 Å². The largest absolute Gasteiger partial charge is 0.465 e. The van der Waals surface area contributed by atoms with E-state index in [1.165, 1.54) is 0 Å². The van der Waals surface area contributed by atoms with E-state index in [9.17, 15) is 9.59 Å². The molecule has 3 atom stereocenters. The van der Waals surface area contributed by atoms with Gasteiger partial charge in [-0.1, -0.05) is 30.4 Å². The van der Waals surface area contributed by atoms with Gasteiger partial charge in [-0.05, 0) is 18.9 Å². The van der Waals surface area contributed by atoms with Gasteiger partial charge < -0.3 is 9.47 Å². The number of hydrogen-bond donors (Lipinski definition) is 0. The standard InChI is InChI=1S/C16H14O4/c17-14-12-6-3-4-10-8-9-19-15(18)16(10,12)11-5-1-2-7-13(11)20-14/h1-5,7,10,12H,6,8-9H2/t10-,12-,16-/m1/s1. The molecule has 1 aromatic carbocycles. The van der Waals surface area contributed by atoms with Gasteiger partial charge in [-0.25, -0.2) is 0 Å². The van der Waals surface area contributed by atoms with Gasteiger partial charge >= 0.3 is 11.9 Å². The smallest absolute Gasteiger partial charge is 0.318 e. The van der Waals surface area contributed by atoms with Crippen molar-refractivity contribution in [2.45, 2.75) is 18.3 Å². The van der Waals surface area contributed by atoms with Gasteiger partial charge in [0.25, 0.3) is 0 Å². The van der Waals surface area contributed by atoms with Gasteiger partial charge in [-0.2, -0.15) is 0 Å². The highest BCUT2D eigenvalue weighted by atomic mass is 16.5. The Morgan fingerprint density at radius 1 is 1.20 bits per heavy atom. The third kappa shape index (κ3) is 1.26. The van der Waals surface area contributed by atoms with Crippen LogP contribution in [0.15, 0.2) is 36.4 Å². The molecule has 1 aliphatic carbocycles. The van der Waals surface area contributed by atoms with E-state index in [1.807, 2.05) is 24.3 Å². The summed E-state index contributed by atoms with van der Waals surface area (Å²) in [6, 6.07) is 7.31. The van der Waals surface area contributed by atoms with Crippen LogP contribution in [0.5, 0.6) is 5.75 Å². The molecule has 1 saturated heterocycles. The molecule has 0 bridgehead atoms. The second-order valence-corrected chi connectivity index (χ2v) is 5.53. The minimum absolute atomic E-state index is 0.0106. The number of rotatable bonds is 0. The zero-order valence-corrected chi connectivity index (χ0v) is 10.9. The average Bonchev–Trinajstić information content (AvgIpc) is 2.47. The highest BCUT2D eigenvalue weighted by Crippen LogP contribution is 2.54. The first-order valence-corrected chi connectivity index (χ1v) is 6.89. The average molecular weight is 270 g/mol. The van der Waals surface area contributed by atoms with Crippen LogP contribution >= 0.6 is 0 Å². The Kier molecular flexibility index (Phi) is 2.31. The van der Waals surface area contributed by atoms with Crippen molar-refractivity contribution >= 4 is 11.9 Å². The van der Waals surface area contributed by atoms with Crippen molar-refractivity contribution in [2.75, 3.05) is 6.61 Å². The second-order valence-electron chi connectivity index (χ2n) is 5.53. The predicted octanol–water partition coefficient (Wildman–Crippen LogP) is 1.98. The summed E-state index contributed by atoms with van der Waals surface area (Å²) in [7, 11) is 0. The molecular formula is C16H14O4. The van der Waals surface area contributed by atoms with Crippen LogP contribution in [0.25, 0.3) is 0 Å². The molecule has 0 radical (unpaired) electrons. The fraction of sp³-hybridized carbons (Fsp3) is 0.375. The molecule has 102 valence electrons. The zero-order valence-electron chi connectivity index (χ0n) is 10.9. The summed E-state index contributed by atoms with van der Waals surface area (Å²) in [5.74, 6) is -0.575. The summed E-state index contributed by atoms with van der Waals surface area (Å²) in [5.41, 5.74) is -0.0949. The highest BCUT2D eigenvalue weighted by Gasteiger charge is 2.62. The van der Waals surface area contributed by atoms with Crippen molar-refractivity contribution in [1.82, 2.24) is 0 Å². The SMILES string of the molecule is O=C1Oc2ccccc2[C@]23C(=O)OCC[C@H]2C=CC[C@H]13. The lowest BCUT2D eigenvalue weighted by Crippen LogP contribution is -2.59. The zero-order chi connectivity index (χ0) is 13.7. The number of carbonyl (C=O) groups is 2. The molecule has 2 heterocycles. The molecule has 0 N–H and O–H groups in total. The lowest BCUT2D eigenvalue weighted by atomic mass is 9.56. The number of fused-ring (bicyclic) bond motifs is 1. The van der Waals surface area contributed by atoms with Gasteiger partial charge in [0.1, 0.15) is 11.2 Å². The molecule has 1 fully saturated rings. The van der Waals surface area contributed by atoms with Crippen molar-refractivity contribution in [2.24, 2.45) is 11.8 Å². The second kappa shape index (κ2) is 3.95. The Morgan fingerprint density at radius 2 is 2.05 bits per heavy atom. The van der Waals surface area contributed by atoms with E-state index in [0.29, 0.717) is 18.8 Å². The minimum atomic E-state index is -0.890. The molecule has 3 aliphatic rings. The Balaban J connectivity index is 2.03. The van der Waals surface area contributed by atoms with E-state index >= 15 is 0 Å². The highest BCUT2D eigenvalue weighted by molar-refractivity contribution is 5.95. The van der Waals surface area contributed by atoms with E-state index in [2.05, 4.69) is 6.08 Å². The van der Waals surface area contributed by atoms with Crippen molar-refractivity contribution in [3.05, 3.63) is 42.0 Å². The molecule has 0 amide bonds. The summed E-state index contributed by atoms with van der Waals surface area (Å²) >= 11 is 0. The van der Waals surface area contributed by atoms with Crippen LogP contribution in [-0.4, -0.2) is 18.5 Å². The quantitative estimate of drug-likeness (QED) is 0.411. The van der Waals surface area contributed by atoms with Crippen molar-refractivity contribution in [3.8, 4) is 5.75 Å². The summed E-state index contributed by atoms with van der Waals surface area (Å²) in [6.07, 6.45) is 5.33. The molecule has 4 heteroatoms. The molecule has 4 nitrogen and oxygen atoms in total. The van der Waals surface area contributed by atoms with Crippen LogP contribution in [0.4, 0.5) is 0 Å². The van der Waals surface area contributed by atoms with Crippen LogP contribution in [0.3, 0.4) is 0 Å². The number of cyclic esters (lactones) is 1. The maximum atomic E-state index is 12.6. The molecular weight excluding hydrogens is 256 g/mol. The first-order valence-electron chi connectivity index (χ1n) is 6.89. The van der Waals surface area contributed by atoms with Crippen LogP contribution in [0.1, 0.15) is 18.4 Å². The predicted molar refractivity (Wildman–Crippen MR) is 70.1 cm³/mol. The van der Waals surface area contributed by atoms with Crippen LogP contribution in [-0.2, 0) is 19.7 Å². The van der Waals surface area contributed by atoms with E-state index in [1.54, 1.807) is 6.07 Å². The number of hydrogen-bond acceptors (Lipinski definition) is 4. The van der Waals surface area contributed by atoms with Gasteiger partial charge in [0.15, 0.2) is 0 Å².